The number of amides is 2. The molecule has 2 N–H and O–H groups in total. The first-order valence-electron chi connectivity index (χ1n) is 9.29. The van der Waals surface area contributed by atoms with E-state index in [0.29, 0.717) is 0 Å². The van der Waals surface area contributed by atoms with Crippen LogP contribution in [0.15, 0.2) is 18.2 Å². The maximum absolute atomic E-state index is 13.2. The summed E-state index contributed by atoms with van der Waals surface area (Å²) >= 11 is 0. The number of anilines is 1. The van der Waals surface area contributed by atoms with E-state index in [9.17, 15) is 4.79 Å². The number of benzene rings is 1. The minimum Gasteiger partial charge on any atom is -0.399 e. The van der Waals surface area contributed by atoms with Crippen LogP contribution in [0.5, 0.6) is 0 Å². The molecule has 1 saturated heterocycles. The minimum absolute atomic E-state index is 0.0393. The zero-order valence-electron chi connectivity index (χ0n) is 15.3. The highest BCUT2D eigenvalue weighted by Gasteiger charge is 2.37. The topological polar surface area (TPSA) is 49.6 Å². The first-order valence-corrected chi connectivity index (χ1v) is 9.29. The monoisotopic (exact) mass is 329 g/mol. The van der Waals surface area contributed by atoms with Crippen molar-refractivity contribution >= 4 is 11.7 Å². The molecule has 1 fully saturated rings. The Morgan fingerprint density at radius 3 is 2.46 bits per heavy atom. The third kappa shape index (κ3) is 3.52. The standard InChI is InChI=1S/C20H31N3O/c1-20(2,3)18-14-16-13-17(21)8-7-15(16)9-12-23(18)19(24)22-10-5-4-6-11-22/h7-8,13,18H,4-6,9-12,14,21H2,1-3H3. The number of carbonyl (C=O) groups is 1. The second-order valence-corrected chi connectivity index (χ2v) is 8.39. The molecule has 0 saturated carbocycles. The molecule has 0 aromatic heterocycles. The Morgan fingerprint density at radius 1 is 1.08 bits per heavy atom. The average Bonchev–Trinajstić information content (AvgIpc) is 2.74. The van der Waals surface area contributed by atoms with Crippen molar-refractivity contribution in [3.05, 3.63) is 29.3 Å². The molecule has 1 aromatic rings. The first kappa shape index (κ1) is 17.1. The predicted molar refractivity (Wildman–Crippen MR) is 99.0 cm³/mol. The van der Waals surface area contributed by atoms with Crippen molar-refractivity contribution in [3.8, 4) is 0 Å². The fraction of sp³-hybridized carbons (Fsp3) is 0.650. The van der Waals surface area contributed by atoms with Crippen molar-refractivity contribution in [2.75, 3.05) is 25.4 Å². The predicted octanol–water partition coefficient (Wildman–Crippen LogP) is 3.69. The molecule has 3 rings (SSSR count). The van der Waals surface area contributed by atoms with E-state index in [4.69, 9.17) is 5.73 Å². The van der Waals surface area contributed by atoms with Gasteiger partial charge in [0, 0.05) is 31.4 Å². The Bertz CT molecular complexity index is 599. The van der Waals surface area contributed by atoms with Gasteiger partial charge in [-0.15, -0.1) is 0 Å². The molecular formula is C20H31N3O. The minimum atomic E-state index is 0.0393. The number of nitrogen functional groups attached to an aromatic ring is 1. The van der Waals surface area contributed by atoms with Crippen molar-refractivity contribution in [1.29, 1.82) is 0 Å². The van der Waals surface area contributed by atoms with Gasteiger partial charge in [0.15, 0.2) is 0 Å². The molecule has 24 heavy (non-hydrogen) atoms. The van der Waals surface area contributed by atoms with Gasteiger partial charge in [-0.05, 0) is 60.8 Å². The number of fused-ring (bicyclic) bond motifs is 1. The first-order chi connectivity index (χ1) is 11.4. The van der Waals surface area contributed by atoms with Crippen LogP contribution in [0.2, 0.25) is 0 Å². The molecule has 2 amide bonds. The number of hydrogen-bond donors (Lipinski definition) is 1. The van der Waals surface area contributed by atoms with Crippen molar-refractivity contribution in [2.24, 2.45) is 5.41 Å². The average molecular weight is 329 g/mol. The van der Waals surface area contributed by atoms with Gasteiger partial charge in [0.25, 0.3) is 0 Å². The lowest BCUT2D eigenvalue weighted by molar-refractivity contribution is 0.0884. The zero-order valence-corrected chi connectivity index (χ0v) is 15.3. The second kappa shape index (κ2) is 6.66. The summed E-state index contributed by atoms with van der Waals surface area (Å²) in [5.41, 5.74) is 9.52. The largest absolute Gasteiger partial charge is 0.399 e. The van der Waals surface area contributed by atoms with E-state index in [0.717, 1.165) is 51.0 Å². The van der Waals surface area contributed by atoms with Crippen LogP contribution in [0.1, 0.15) is 51.2 Å². The molecule has 132 valence electrons. The molecule has 0 aliphatic carbocycles. The molecule has 0 spiro atoms. The summed E-state index contributed by atoms with van der Waals surface area (Å²) in [4.78, 5) is 17.4. The third-order valence-corrected chi connectivity index (χ3v) is 5.51. The van der Waals surface area contributed by atoms with E-state index in [1.165, 1.54) is 17.5 Å². The van der Waals surface area contributed by atoms with Crippen molar-refractivity contribution in [2.45, 2.75) is 58.9 Å². The summed E-state index contributed by atoms with van der Waals surface area (Å²) in [5, 5.41) is 0. The van der Waals surface area contributed by atoms with E-state index in [-0.39, 0.29) is 17.5 Å². The lowest BCUT2D eigenvalue weighted by atomic mass is 9.82. The van der Waals surface area contributed by atoms with Crippen LogP contribution in [0, 0.1) is 5.41 Å². The van der Waals surface area contributed by atoms with E-state index < -0.39 is 0 Å². The molecule has 1 atom stereocenters. The van der Waals surface area contributed by atoms with Crippen molar-refractivity contribution in [3.63, 3.8) is 0 Å². The number of rotatable bonds is 0. The summed E-state index contributed by atoms with van der Waals surface area (Å²) in [5.74, 6) is 0. The highest BCUT2D eigenvalue weighted by Crippen LogP contribution is 2.33. The summed E-state index contributed by atoms with van der Waals surface area (Å²) < 4.78 is 0. The Kier molecular flexibility index (Phi) is 4.75. The molecule has 2 heterocycles. The molecule has 4 nitrogen and oxygen atoms in total. The van der Waals surface area contributed by atoms with E-state index in [1.54, 1.807) is 0 Å². The Morgan fingerprint density at radius 2 is 1.79 bits per heavy atom. The number of likely N-dealkylation sites (tertiary alicyclic amines) is 1. The van der Waals surface area contributed by atoms with Crippen LogP contribution < -0.4 is 5.73 Å². The van der Waals surface area contributed by atoms with Gasteiger partial charge in [0.1, 0.15) is 0 Å². The van der Waals surface area contributed by atoms with Crippen LogP contribution >= 0.6 is 0 Å². The van der Waals surface area contributed by atoms with Gasteiger partial charge in [-0.2, -0.15) is 0 Å². The van der Waals surface area contributed by atoms with Gasteiger partial charge in [-0.3, -0.25) is 0 Å². The molecular weight excluding hydrogens is 298 g/mol. The lowest BCUT2D eigenvalue weighted by Gasteiger charge is -2.42. The van der Waals surface area contributed by atoms with Gasteiger partial charge in [0.05, 0.1) is 0 Å². The van der Waals surface area contributed by atoms with Crippen molar-refractivity contribution < 1.29 is 4.79 Å². The molecule has 2 aliphatic heterocycles. The van der Waals surface area contributed by atoms with Crippen LogP contribution in [-0.2, 0) is 12.8 Å². The molecule has 4 heteroatoms. The second-order valence-electron chi connectivity index (χ2n) is 8.39. The number of urea groups is 1. The molecule has 0 radical (unpaired) electrons. The van der Waals surface area contributed by atoms with Gasteiger partial charge >= 0.3 is 6.03 Å². The molecule has 1 unspecified atom stereocenters. The third-order valence-electron chi connectivity index (χ3n) is 5.51. The molecule has 0 bridgehead atoms. The smallest absolute Gasteiger partial charge is 0.320 e. The van der Waals surface area contributed by atoms with Crippen LogP contribution in [-0.4, -0.2) is 41.5 Å². The Hall–Kier alpha value is -1.71. The Balaban J connectivity index is 1.89. The van der Waals surface area contributed by atoms with Crippen LogP contribution in [0.3, 0.4) is 0 Å². The van der Waals surface area contributed by atoms with E-state index >= 15 is 0 Å². The van der Waals surface area contributed by atoms with Crippen LogP contribution in [0.25, 0.3) is 0 Å². The summed E-state index contributed by atoms with van der Waals surface area (Å²) in [6, 6.07) is 6.65. The van der Waals surface area contributed by atoms with Gasteiger partial charge in [-0.25, -0.2) is 4.79 Å². The number of nitrogens with two attached hydrogens (primary N) is 1. The number of nitrogens with zero attached hydrogens (tertiary/aromatic N) is 2. The van der Waals surface area contributed by atoms with Gasteiger partial charge < -0.3 is 15.5 Å². The van der Waals surface area contributed by atoms with Gasteiger partial charge in [0.2, 0.25) is 0 Å². The SMILES string of the molecule is CC(C)(C)C1Cc2cc(N)ccc2CCN1C(=O)N1CCCCC1. The fourth-order valence-electron chi connectivity index (χ4n) is 4.06. The van der Waals surface area contributed by atoms with Crippen molar-refractivity contribution in [1.82, 2.24) is 9.80 Å². The highest BCUT2D eigenvalue weighted by atomic mass is 16.2. The number of hydrogen-bond acceptors (Lipinski definition) is 2. The Labute approximate surface area is 146 Å². The number of carbonyl (C=O) groups excluding carboxylic acids is 1. The lowest BCUT2D eigenvalue weighted by Crippen LogP contribution is -2.54. The number of piperidine rings is 1. The quantitative estimate of drug-likeness (QED) is 0.738. The maximum Gasteiger partial charge on any atom is 0.320 e. The fourth-order valence-corrected chi connectivity index (χ4v) is 4.06. The van der Waals surface area contributed by atoms with E-state index in [1.807, 2.05) is 6.07 Å². The van der Waals surface area contributed by atoms with E-state index in [2.05, 4.69) is 42.7 Å². The summed E-state index contributed by atoms with van der Waals surface area (Å²) in [6.45, 7) is 9.34. The zero-order chi connectivity index (χ0) is 17.3. The summed E-state index contributed by atoms with van der Waals surface area (Å²) in [6.07, 6.45) is 5.33. The molecule has 1 aromatic carbocycles. The molecule has 2 aliphatic rings. The van der Waals surface area contributed by atoms with Crippen LogP contribution in [0.4, 0.5) is 10.5 Å². The highest BCUT2D eigenvalue weighted by molar-refractivity contribution is 5.75. The summed E-state index contributed by atoms with van der Waals surface area (Å²) in [7, 11) is 0. The van der Waals surface area contributed by atoms with Gasteiger partial charge in [-0.1, -0.05) is 26.8 Å². The maximum atomic E-state index is 13.2. The normalized spacial score (nSPS) is 22.0.